The van der Waals surface area contributed by atoms with E-state index in [2.05, 4.69) is 5.32 Å². The van der Waals surface area contributed by atoms with E-state index in [4.69, 9.17) is 37.4 Å². The minimum atomic E-state index is -0.125. The fourth-order valence-corrected chi connectivity index (χ4v) is 4.23. The molecule has 0 unspecified atom stereocenters. The Labute approximate surface area is 196 Å². The average Bonchev–Trinajstić information content (AvgIpc) is 3.26. The molecule has 0 bridgehead atoms. The minimum absolute atomic E-state index is 0.0378. The summed E-state index contributed by atoms with van der Waals surface area (Å²) >= 11 is 12.0. The Bertz CT molecular complexity index is 992. The summed E-state index contributed by atoms with van der Waals surface area (Å²) in [6, 6.07) is 10.4. The summed E-state index contributed by atoms with van der Waals surface area (Å²) in [5, 5.41) is 3.93. The second-order valence-corrected chi connectivity index (χ2v) is 8.58. The molecule has 1 fully saturated rings. The first kappa shape index (κ1) is 22.6. The maximum atomic E-state index is 12.6. The van der Waals surface area contributed by atoms with Crippen molar-refractivity contribution in [3.63, 3.8) is 0 Å². The molecular formula is C23H24Cl2N2O5. The van der Waals surface area contributed by atoms with Crippen LogP contribution in [0.1, 0.15) is 25.7 Å². The molecule has 2 amide bonds. The molecule has 0 atom stereocenters. The third-order valence-corrected chi connectivity index (χ3v) is 6.08. The topological polar surface area (TPSA) is 77.1 Å². The number of benzene rings is 2. The Morgan fingerprint density at radius 3 is 2.62 bits per heavy atom. The van der Waals surface area contributed by atoms with E-state index >= 15 is 0 Å². The van der Waals surface area contributed by atoms with Crippen molar-refractivity contribution in [2.75, 3.05) is 31.8 Å². The number of ether oxygens (including phenoxy) is 3. The summed E-state index contributed by atoms with van der Waals surface area (Å²) in [4.78, 5) is 26.9. The summed E-state index contributed by atoms with van der Waals surface area (Å²) in [5.74, 6) is 1.77. The zero-order chi connectivity index (χ0) is 22.5. The van der Waals surface area contributed by atoms with Crippen LogP contribution in [0.4, 0.5) is 5.69 Å². The SMILES string of the molecule is O=C(Nc1ccc2c(c1)OCO2)C1CCN(C(=O)CCCOc2ccc(Cl)cc2Cl)CC1. The van der Waals surface area contributed by atoms with Crippen LogP contribution in [0.15, 0.2) is 36.4 Å². The van der Waals surface area contributed by atoms with E-state index in [0.29, 0.717) is 78.4 Å². The van der Waals surface area contributed by atoms with E-state index in [1.54, 1.807) is 36.4 Å². The van der Waals surface area contributed by atoms with Gasteiger partial charge in [-0.1, -0.05) is 23.2 Å². The molecule has 2 aromatic rings. The van der Waals surface area contributed by atoms with Gasteiger partial charge in [0, 0.05) is 42.2 Å². The van der Waals surface area contributed by atoms with Crippen LogP contribution in [0, 0.1) is 5.92 Å². The van der Waals surface area contributed by atoms with Crippen molar-refractivity contribution in [1.82, 2.24) is 4.90 Å². The molecule has 2 aromatic carbocycles. The molecule has 7 nitrogen and oxygen atoms in total. The van der Waals surface area contributed by atoms with E-state index in [1.165, 1.54) is 0 Å². The van der Waals surface area contributed by atoms with Crippen molar-refractivity contribution >= 4 is 40.7 Å². The maximum Gasteiger partial charge on any atom is 0.231 e. The molecular weight excluding hydrogens is 455 g/mol. The maximum absolute atomic E-state index is 12.6. The Kier molecular flexibility index (Phi) is 7.27. The number of nitrogens with one attached hydrogen (secondary N) is 1. The fraction of sp³-hybridized carbons (Fsp3) is 0.391. The Hall–Kier alpha value is -2.64. The molecule has 2 aliphatic heterocycles. The number of likely N-dealkylation sites (tertiary alicyclic amines) is 1. The first-order valence-corrected chi connectivity index (χ1v) is 11.3. The van der Waals surface area contributed by atoms with Gasteiger partial charge in [-0.25, -0.2) is 0 Å². The lowest BCUT2D eigenvalue weighted by atomic mass is 9.95. The van der Waals surface area contributed by atoms with E-state index < -0.39 is 0 Å². The van der Waals surface area contributed by atoms with Crippen LogP contribution in [0.5, 0.6) is 17.2 Å². The molecule has 0 aliphatic carbocycles. The number of rotatable bonds is 7. The van der Waals surface area contributed by atoms with Crippen molar-refractivity contribution in [3.05, 3.63) is 46.4 Å². The first-order valence-electron chi connectivity index (χ1n) is 10.6. The van der Waals surface area contributed by atoms with Gasteiger partial charge in [0.1, 0.15) is 5.75 Å². The zero-order valence-electron chi connectivity index (χ0n) is 17.4. The number of fused-ring (bicyclic) bond motifs is 1. The van der Waals surface area contributed by atoms with Gasteiger partial charge in [0.05, 0.1) is 11.6 Å². The molecule has 4 rings (SSSR count). The van der Waals surface area contributed by atoms with Crippen LogP contribution in [-0.2, 0) is 9.59 Å². The molecule has 0 saturated carbocycles. The van der Waals surface area contributed by atoms with Gasteiger partial charge < -0.3 is 24.4 Å². The van der Waals surface area contributed by atoms with Gasteiger partial charge in [0.25, 0.3) is 0 Å². The largest absolute Gasteiger partial charge is 0.492 e. The normalized spacial score (nSPS) is 15.5. The lowest BCUT2D eigenvalue weighted by molar-refractivity contribution is -0.134. The van der Waals surface area contributed by atoms with Crippen molar-refractivity contribution in [3.8, 4) is 17.2 Å². The van der Waals surface area contributed by atoms with Crippen LogP contribution in [0.25, 0.3) is 0 Å². The summed E-state index contributed by atoms with van der Waals surface area (Å²) < 4.78 is 16.3. The molecule has 0 radical (unpaired) electrons. The smallest absolute Gasteiger partial charge is 0.231 e. The van der Waals surface area contributed by atoms with Crippen LogP contribution >= 0.6 is 23.2 Å². The van der Waals surface area contributed by atoms with Gasteiger partial charge >= 0.3 is 0 Å². The Morgan fingerprint density at radius 2 is 1.84 bits per heavy atom. The Morgan fingerprint density at radius 1 is 1.06 bits per heavy atom. The minimum Gasteiger partial charge on any atom is -0.492 e. The van der Waals surface area contributed by atoms with Crippen molar-refractivity contribution < 1.29 is 23.8 Å². The van der Waals surface area contributed by atoms with Crippen LogP contribution in [0.3, 0.4) is 0 Å². The second-order valence-electron chi connectivity index (χ2n) is 7.74. The first-order chi connectivity index (χ1) is 15.5. The highest BCUT2D eigenvalue weighted by Gasteiger charge is 2.27. The monoisotopic (exact) mass is 478 g/mol. The number of halogens is 2. The van der Waals surface area contributed by atoms with Gasteiger partial charge in [-0.15, -0.1) is 0 Å². The molecule has 32 heavy (non-hydrogen) atoms. The molecule has 1 N–H and O–H groups in total. The van der Waals surface area contributed by atoms with Crippen LogP contribution in [-0.4, -0.2) is 43.2 Å². The third-order valence-electron chi connectivity index (χ3n) is 5.55. The highest BCUT2D eigenvalue weighted by atomic mass is 35.5. The molecule has 170 valence electrons. The molecule has 0 spiro atoms. The predicted octanol–water partition coefficient (Wildman–Crippen LogP) is 4.76. The van der Waals surface area contributed by atoms with Crippen LogP contribution in [0.2, 0.25) is 10.0 Å². The molecule has 9 heteroatoms. The lowest BCUT2D eigenvalue weighted by Gasteiger charge is -2.31. The Balaban J connectivity index is 1.17. The molecule has 2 heterocycles. The van der Waals surface area contributed by atoms with Crippen molar-refractivity contribution in [1.29, 1.82) is 0 Å². The highest BCUT2D eigenvalue weighted by molar-refractivity contribution is 6.35. The van der Waals surface area contributed by atoms with E-state index in [-0.39, 0.29) is 24.5 Å². The highest BCUT2D eigenvalue weighted by Crippen LogP contribution is 2.34. The fourth-order valence-electron chi connectivity index (χ4n) is 3.77. The number of carbonyl (C=O) groups excluding carboxylic acids is 2. The summed E-state index contributed by atoms with van der Waals surface area (Å²) in [7, 11) is 0. The summed E-state index contributed by atoms with van der Waals surface area (Å²) in [5.41, 5.74) is 0.679. The predicted molar refractivity (Wildman–Crippen MR) is 122 cm³/mol. The number of amides is 2. The molecule has 2 aliphatic rings. The number of hydrogen-bond acceptors (Lipinski definition) is 5. The second kappa shape index (κ2) is 10.3. The zero-order valence-corrected chi connectivity index (χ0v) is 19.0. The van der Waals surface area contributed by atoms with E-state index in [0.717, 1.165) is 0 Å². The quantitative estimate of drug-likeness (QED) is 0.580. The third kappa shape index (κ3) is 5.58. The van der Waals surface area contributed by atoms with Gasteiger partial charge in [-0.2, -0.15) is 0 Å². The van der Waals surface area contributed by atoms with Crippen molar-refractivity contribution in [2.45, 2.75) is 25.7 Å². The standard InChI is InChI=1S/C23H24Cl2N2O5/c24-16-3-5-19(18(25)12-16)30-11-1-2-22(28)27-9-7-15(8-10-27)23(29)26-17-4-6-20-21(13-17)32-14-31-20/h3-6,12-13,15H,1-2,7-11,14H2,(H,26,29). The number of piperidine rings is 1. The van der Waals surface area contributed by atoms with Gasteiger partial charge in [-0.3, -0.25) is 9.59 Å². The number of anilines is 1. The van der Waals surface area contributed by atoms with Gasteiger partial charge in [0.15, 0.2) is 11.5 Å². The number of nitrogens with zero attached hydrogens (tertiary/aromatic N) is 1. The summed E-state index contributed by atoms with van der Waals surface area (Å²) in [6.45, 7) is 1.73. The number of carbonyl (C=O) groups is 2. The number of hydrogen-bond donors (Lipinski definition) is 1. The van der Waals surface area contributed by atoms with Gasteiger partial charge in [-0.05, 0) is 49.6 Å². The molecule has 1 saturated heterocycles. The van der Waals surface area contributed by atoms with Gasteiger partial charge in [0.2, 0.25) is 18.6 Å². The average molecular weight is 479 g/mol. The lowest BCUT2D eigenvalue weighted by Crippen LogP contribution is -2.41. The molecule has 0 aromatic heterocycles. The van der Waals surface area contributed by atoms with E-state index in [1.807, 2.05) is 4.90 Å². The van der Waals surface area contributed by atoms with E-state index in [9.17, 15) is 9.59 Å². The summed E-state index contributed by atoms with van der Waals surface area (Å²) in [6.07, 6.45) is 2.25. The van der Waals surface area contributed by atoms with Crippen LogP contribution < -0.4 is 19.5 Å². The van der Waals surface area contributed by atoms with Crippen molar-refractivity contribution in [2.24, 2.45) is 5.92 Å².